The molecule has 2 heterocycles. The van der Waals surface area contributed by atoms with Crippen LogP contribution in [0.25, 0.3) is 0 Å². The second kappa shape index (κ2) is 16.6. The Labute approximate surface area is 327 Å². The lowest BCUT2D eigenvalue weighted by Gasteiger charge is -2.27. The van der Waals surface area contributed by atoms with Crippen molar-refractivity contribution in [1.29, 1.82) is 0 Å². The summed E-state index contributed by atoms with van der Waals surface area (Å²) in [5.41, 5.74) is 8.59. The van der Waals surface area contributed by atoms with Crippen LogP contribution < -0.4 is 4.90 Å². The lowest BCUT2D eigenvalue weighted by Crippen LogP contribution is -2.30. The average molecular weight is 795 g/mol. The second-order valence-corrected chi connectivity index (χ2v) is 19.0. The first kappa shape index (κ1) is 42.1. The first-order valence-electron chi connectivity index (χ1n) is 19.0. The summed E-state index contributed by atoms with van der Waals surface area (Å²) in [7, 11) is -6.35. The van der Waals surface area contributed by atoms with Crippen molar-refractivity contribution >= 4 is 43.4 Å². The molecule has 0 spiro atoms. The molecule has 2 aliphatic heterocycles. The number of allylic oxidation sites excluding steroid dienone is 7. The van der Waals surface area contributed by atoms with Crippen molar-refractivity contribution in [2.75, 3.05) is 36.5 Å². The Morgan fingerprint density at radius 3 is 2.13 bits per heavy atom. The van der Waals surface area contributed by atoms with Gasteiger partial charge in [0.15, 0.2) is 5.71 Å². The van der Waals surface area contributed by atoms with Crippen LogP contribution in [0.2, 0.25) is 0 Å². The molecule has 13 heteroatoms. The molecule has 0 aromatic heterocycles. The van der Waals surface area contributed by atoms with E-state index in [1.54, 1.807) is 11.9 Å². The molecule has 0 bridgehead atoms. The van der Waals surface area contributed by atoms with Gasteiger partial charge in [0.1, 0.15) is 6.54 Å². The van der Waals surface area contributed by atoms with Crippen LogP contribution >= 0.6 is 0 Å². The molecule has 0 atom stereocenters. The number of rotatable bonds is 15. The first-order chi connectivity index (χ1) is 25.7. The van der Waals surface area contributed by atoms with Crippen molar-refractivity contribution in [2.45, 2.75) is 97.0 Å². The Morgan fingerprint density at radius 2 is 1.47 bits per heavy atom. The lowest BCUT2D eigenvalue weighted by atomic mass is 9.81. The number of hydrogen-bond donors (Lipinski definition) is 2. The van der Waals surface area contributed by atoms with Crippen molar-refractivity contribution in [3.8, 4) is 0 Å². The summed E-state index contributed by atoms with van der Waals surface area (Å²) in [5.74, 6) is -0.571. The van der Waals surface area contributed by atoms with Crippen LogP contribution in [0.1, 0.15) is 91.2 Å². The van der Waals surface area contributed by atoms with Gasteiger partial charge in [0.25, 0.3) is 20.2 Å². The van der Waals surface area contributed by atoms with Crippen LogP contribution in [0.15, 0.2) is 95.4 Å². The standard InChI is InChI=1S/C42H55N3O8S2/c1-30(2)53-40(46)43(7)39-31(22-24-37-41(3,4)33-16-8-10-18-35(33)44(37)26-12-14-28-54(47,48)49)20-21-32(39)23-25-38-42(5,6)34-17-9-11-19-36(34)45(38)27-13-15-29-55(50,51)52/h8-11,16-19,22-25,30H,12-15,20-21,26-29H2,1-7H3,(H-,47,48,49,50,51,52)/p+1. The molecular weight excluding hydrogens is 739 g/mol. The maximum absolute atomic E-state index is 13.5. The van der Waals surface area contributed by atoms with Crippen molar-refractivity contribution in [2.24, 2.45) is 0 Å². The SMILES string of the molecule is CC(C)OC(=O)N(C)C1=C(/C=C/C2=[N+](CCCCS(=O)(=O)O)c3ccccc3C2(C)C)CC/C1=C\C=C1\N(CCCCS(=O)(=O)O)c2ccccc2C1(C)C. The molecule has 5 rings (SSSR count). The number of para-hydroxylation sites is 2. The van der Waals surface area contributed by atoms with E-state index in [9.17, 15) is 30.7 Å². The van der Waals surface area contributed by atoms with Crippen molar-refractivity contribution < 1.29 is 40.0 Å². The van der Waals surface area contributed by atoms with Crippen LogP contribution in [0.5, 0.6) is 0 Å². The number of likely N-dealkylation sites (N-methyl/N-ethyl adjacent to an activating group) is 1. The van der Waals surface area contributed by atoms with E-state index in [2.05, 4.69) is 85.7 Å². The maximum atomic E-state index is 13.5. The third kappa shape index (κ3) is 9.68. The van der Waals surface area contributed by atoms with E-state index in [0.717, 1.165) is 50.8 Å². The zero-order valence-corrected chi connectivity index (χ0v) is 34.7. The van der Waals surface area contributed by atoms with E-state index in [-0.39, 0.29) is 28.4 Å². The van der Waals surface area contributed by atoms with Crippen LogP contribution in [0, 0.1) is 0 Å². The van der Waals surface area contributed by atoms with E-state index >= 15 is 0 Å². The van der Waals surface area contributed by atoms with Crippen molar-refractivity contribution in [3.63, 3.8) is 0 Å². The zero-order valence-electron chi connectivity index (χ0n) is 33.1. The van der Waals surface area contributed by atoms with Gasteiger partial charge in [-0.3, -0.25) is 14.0 Å². The fourth-order valence-electron chi connectivity index (χ4n) is 8.07. The summed E-state index contributed by atoms with van der Waals surface area (Å²) in [6, 6.07) is 16.4. The van der Waals surface area contributed by atoms with Crippen LogP contribution in [0.4, 0.5) is 16.2 Å². The molecule has 0 saturated heterocycles. The predicted molar refractivity (Wildman–Crippen MR) is 218 cm³/mol. The highest BCUT2D eigenvalue weighted by atomic mass is 32.2. The molecule has 1 amide bonds. The molecule has 0 unspecified atom stereocenters. The molecule has 298 valence electrons. The van der Waals surface area contributed by atoms with E-state index in [0.29, 0.717) is 51.6 Å². The highest BCUT2D eigenvalue weighted by Crippen LogP contribution is 2.48. The predicted octanol–water partition coefficient (Wildman–Crippen LogP) is 8.09. The van der Waals surface area contributed by atoms with Crippen LogP contribution in [-0.4, -0.2) is 85.0 Å². The van der Waals surface area contributed by atoms with Gasteiger partial charge < -0.3 is 9.64 Å². The van der Waals surface area contributed by atoms with Gasteiger partial charge in [-0.15, -0.1) is 0 Å². The maximum Gasteiger partial charge on any atom is 0.414 e. The monoisotopic (exact) mass is 794 g/mol. The molecule has 2 aromatic carbocycles. The number of nitrogens with zero attached hydrogens (tertiary/aromatic N) is 3. The number of fused-ring (bicyclic) bond motifs is 2. The van der Waals surface area contributed by atoms with Gasteiger partial charge >= 0.3 is 6.09 Å². The molecule has 2 aromatic rings. The van der Waals surface area contributed by atoms with Crippen molar-refractivity contribution in [3.05, 3.63) is 107 Å². The zero-order chi connectivity index (χ0) is 40.3. The smallest absolute Gasteiger partial charge is 0.414 e. The fourth-order valence-corrected chi connectivity index (χ4v) is 9.21. The summed E-state index contributed by atoms with van der Waals surface area (Å²) in [6.45, 7) is 13.5. The molecule has 3 aliphatic rings. The number of anilines is 1. The molecule has 2 N–H and O–H groups in total. The van der Waals surface area contributed by atoms with Gasteiger partial charge in [0.2, 0.25) is 5.69 Å². The van der Waals surface area contributed by atoms with Gasteiger partial charge in [0, 0.05) is 54.5 Å². The Hall–Kier alpha value is -4.04. The third-order valence-electron chi connectivity index (χ3n) is 10.8. The summed E-state index contributed by atoms with van der Waals surface area (Å²) < 4.78 is 72.1. The van der Waals surface area contributed by atoms with Gasteiger partial charge in [-0.1, -0.05) is 62.4 Å². The number of carbonyl (C=O) groups excluding carboxylic acids is 1. The van der Waals surface area contributed by atoms with Gasteiger partial charge in [-0.25, -0.2) is 4.79 Å². The van der Waals surface area contributed by atoms with Gasteiger partial charge in [0.05, 0.1) is 28.7 Å². The highest BCUT2D eigenvalue weighted by Gasteiger charge is 2.44. The average Bonchev–Trinajstić information content (AvgIpc) is 3.66. The Bertz CT molecular complexity index is 2180. The summed E-state index contributed by atoms with van der Waals surface area (Å²) >= 11 is 0. The number of carbonyl (C=O) groups is 1. The van der Waals surface area contributed by atoms with E-state index < -0.39 is 26.3 Å². The normalized spacial score (nSPS) is 19.3. The summed E-state index contributed by atoms with van der Waals surface area (Å²) in [5, 5.41) is 0. The van der Waals surface area contributed by atoms with Crippen LogP contribution in [0.3, 0.4) is 0 Å². The topological polar surface area (TPSA) is 145 Å². The first-order valence-corrected chi connectivity index (χ1v) is 22.2. The second-order valence-electron chi connectivity index (χ2n) is 15.9. The minimum atomic E-state index is -4.04. The van der Waals surface area contributed by atoms with Crippen LogP contribution in [-0.2, 0) is 35.8 Å². The molecule has 55 heavy (non-hydrogen) atoms. The van der Waals surface area contributed by atoms with E-state index in [4.69, 9.17) is 4.74 Å². The fraction of sp³-hybridized carbons (Fsp3) is 0.476. The molecule has 0 radical (unpaired) electrons. The van der Waals surface area contributed by atoms with E-state index in [1.165, 1.54) is 0 Å². The number of amides is 1. The molecule has 0 fully saturated rings. The summed E-state index contributed by atoms with van der Waals surface area (Å²) in [4.78, 5) is 17.3. The third-order valence-corrected chi connectivity index (χ3v) is 12.4. The Kier molecular flexibility index (Phi) is 12.7. The molecule has 0 saturated carbocycles. The largest absolute Gasteiger partial charge is 0.446 e. The van der Waals surface area contributed by atoms with Gasteiger partial charge in [-0.05, 0) is 88.7 Å². The minimum Gasteiger partial charge on any atom is -0.446 e. The molecule has 1 aliphatic carbocycles. The lowest BCUT2D eigenvalue weighted by molar-refractivity contribution is -0.438. The van der Waals surface area contributed by atoms with Gasteiger partial charge in [-0.2, -0.15) is 21.4 Å². The highest BCUT2D eigenvalue weighted by molar-refractivity contribution is 7.86. The summed E-state index contributed by atoms with van der Waals surface area (Å²) in [6.07, 6.45) is 10.8. The number of benzene rings is 2. The van der Waals surface area contributed by atoms with Crippen molar-refractivity contribution in [1.82, 2.24) is 4.90 Å². The number of ether oxygens (including phenoxy) is 1. The molecular formula is C42H56N3O8S2+. The quantitative estimate of drug-likeness (QED) is 0.104. The number of hydrogen-bond acceptors (Lipinski definition) is 7. The number of unbranched alkanes of at least 4 members (excludes halogenated alkanes) is 2. The Morgan fingerprint density at radius 1 is 0.855 bits per heavy atom. The Balaban J connectivity index is 1.55. The molecule has 11 nitrogen and oxygen atoms in total. The minimum absolute atomic E-state index is 0.285. The van der Waals surface area contributed by atoms with E-state index in [1.807, 2.05) is 38.1 Å².